The Balaban J connectivity index is 1.35. The molecule has 0 aliphatic heterocycles. The zero-order valence-electron chi connectivity index (χ0n) is 20.4. The predicted molar refractivity (Wildman–Crippen MR) is 143 cm³/mol. The second kappa shape index (κ2) is 12.4. The Bertz CT molecular complexity index is 1220. The molecule has 0 atom stereocenters. The van der Waals surface area contributed by atoms with E-state index in [1.165, 1.54) is 11.1 Å². The number of hydrogen-bond acceptors (Lipinski definition) is 4. The minimum Gasteiger partial charge on any atom is -0.338 e. The van der Waals surface area contributed by atoms with Gasteiger partial charge in [-0.25, -0.2) is 0 Å². The largest absolute Gasteiger partial charge is 0.338 e. The first-order valence-corrected chi connectivity index (χ1v) is 13.1. The van der Waals surface area contributed by atoms with Gasteiger partial charge in [-0.15, -0.1) is 10.2 Å². The number of amides is 1. The van der Waals surface area contributed by atoms with E-state index in [1.807, 2.05) is 60.4 Å². The van der Waals surface area contributed by atoms with Crippen LogP contribution in [0.2, 0.25) is 0 Å². The van der Waals surface area contributed by atoms with E-state index in [9.17, 15) is 4.79 Å². The van der Waals surface area contributed by atoms with E-state index in [0.29, 0.717) is 19.5 Å². The normalized spacial score (nSPS) is 10.9. The minimum atomic E-state index is 0.196. The van der Waals surface area contributed by atoms with Crippen molar-refractivity contribution >= 4 is 17.7 Å². The van der Waals surface area contributed by atoms with Crippen molar-refractivity contribution in [3.05, 3.63) is 107 Å². The van der Waals surface area contributed by atoms with Gasteiger partial charge in [0.15, 0.2) is 5.16 Å². The number of aryl methyl sites for hydroxylation is 2. The van der Waals surface area contributed by atoms with Gasteiger partial charge in [0.05, 0.1) is 5.69 Å². The Morgan fingerprint density at radius 3 is 2.23 bits per heavy atom. The molecule has 0 aliphatic carbocycles. The Morgan fingerprint density at radius 1 is 0.857 bits per heavy atom. The zero-order chi connectivity index (χ0) is 24.5. The molecule has 4 rings (SSSR count). The number of para-hydroxylation sites is 1. The molecule has 0 saturated carbocycles. The van der Waals surface area contributed by atoms with E-state index in [0.717, 1.165) is 40.8 Å². The summed E-state index contributed by atoms with van der Waals surface area (Å²) < 4.78 is 2.10. The number of aromatic nitrogens is 3. The van der Waals surface area contributed by atoms with E-state index in [2.05, 4.69) is 58.1 Å². The first kappa shape index (κ1) is 24.7. The van der Waals surface area contributed by atoms with Gasteiger partial charge < -0.3 is 4.90 Å². The standard InChI is InChI=1S/C29H32N4OS/c1-23-12-9-10-17-27(23)33-24(2)30-31-29(33)35-21-11-18-28(34)32(22-26-15-7-4-8-16-26)20-19-25-13-5-3-6-14-25/h3-10,12-17H,11,18-22H2,1-2H3. The zero-order valence-corrected chi connectivity index (χ0v) is 21.2. The second-order valence-corrected chi connectivity index (χ2v) is 9.70. The molecule has 0 saturated heterocycles. The van der Waals surface area contributed by atoms with Crippen molar-refractivity contribution < 1.29 is 4.79 Å². The Labute approximate surface area is 212 Å². The Hall–Kier alpha value is -3.38. The summed E-state index contributed by atoms with van der Waals surface area (Å²) in [5.41, 5.74) is 4.69. The smallest absolute Gasteiger partial charge is 0.222 e. The number of thioether (sulfide) groups is 1. The average molecular weight is 485 g/mol. The second-order valence-electron chi connectivity index (χ2n) is 8.64. The third-order valence-corrected chi connectivity index (χ3v) is 7.02. The molecule has 0 N–H and O–H groups in total. The van der Waals surface area contributed by atoms with Gasteiger partial charge in [0.25, 0.3) is 0 Å². The first-order chi connectivity index (χ1) is 17.1. The SMILES string of the molecule is Cc1ccccc1-n1c(C)nnc1SCCCC(=O)N(CCc1ccccc1)Cc1ccccc1. The highest BCUT2D eigenvalue weighted by Crippen LogP contribution is 2.24. The van der Waals surface area contributed by atoms with Crippen molar-refractivity contribution in [3.63, 3.8) is 0 Å². The minimum absolute atomic E-state index is 0.196. The number of rotatable bonds is 11. The van der Waals surface area contributed by atoms with Gasteiger partial charge in [-0.1, -0.05) is 90.6 Å². The molecule has 180 valence electrons. The van der Waals surface area contributed by atoms with Gasteiger partial charge in [0.2, 0.25) is 5.91 Å². The van der Waals surface area contributed by atoms with E-state index >= 15 is 0 Å². The van der Waals surface area contributed by atoms with Crippen LogP contribution >= 0.6 is 11.8 Å². The van der Waals surface area contributed by atoms with Crippen molar-refractivity contribution in [2.75, 3.05) is 12.3 Å². The van der Waals surface area contributed by atoms with Crippen molar-refractivity contribution in [1.82, 2.24) is 19.7 Å². The lowest BCUT2D eigenvalue weighted by atomic mass is 10.1. The molecule has 1 amide bonds. The van der Waals surface area contributed by atoms with Crippen LogP contribution in [0.15, 0.2) is 90.1 Å². The van der Waals surface area contributed by atoms with Crippen LogP contribution in [0.3, 0.4) is 0 Å². The Morgan fingerprint density at radius 2 is 1.51 bits per heavy atom. The molecule has 35 heavy (non-hydrogen) atoms. The predicted octanol–water partition coefficient (Wildman–Crippen LogP) is 6.03. The van der Waals surface area contributed by atoms with Crippen LogP contribution in [0, 0.1) is 13.8 Å². The number of benzene rings is 3. The summed E-state index contributed by atoms with van der Waals surface area (Å²) in [4.78, 5) is 15.2. The molecule has 3 aromatic carbocycles. The van der Waals surface area contributed by atoms with Crippen LogP contribution in [0.1, 0.15) is 35.4 Å². The third-order valence-electron chi connectivity index (χ3n) is 6.00. The number of carbonyl (C=O) groups is 1. The van der Waals surface area contributed by atoms with E-state index < -0.39 is 0 Å². The molecule has 1 heterocycles. The number of nitrogens with zero attached hydrogens (tertiary/aromatic N) is 4. The lowest BCUT2D eigenvalue weighted by molar-refractivity contribution is -0.131. The summed E-state index contributed by atoms with van der Waals surface area (Å²) in [6, 6.07) is 28.8. The van der Waals surface area contributed by atoms with Crippen molar-refractivity contribution in [2.24, 2.45) is 0 Å². The summed E-state index contributed by atoms with van der Waals surface area (Å²) in [5, 5.41) is 9.55. The van der Waals surface area contributed by atoms with E-state index in [-0.39, 0.29) is 5.91 Å². The van der Waals surface area contributed by atoms with Crippen LogP contribution in [-0.4, -0.2) is 37.9 Å². The van der Waals surface area contributed by atoms with Gasteiger partial charge in [0.1, 0.15) is 5.82 Å². The maximum atomic E-state index is 13.2. The molecule has 0 aliphatic rings. The van der Waals surface area contributed by atoms with Crippen molar-refractivity contribution in [3.8, 4) is 5.69 Å². The highest BCUT2D eigenvalue weighted by molar-refractivity contribution is 7.99. The first-order valence-electron chi connectivity index (χ1n) is 12.1. The number of carbonyl (C=O) groups excluding carboxylic acids is 1. The van der Waals surface area contributed by atoms with Gasteiger partial charge in [-0.2, -0.15) is 0 Å². The van der Waals surface area contributed by atoms with Crippen molar-refractivity contribution in [2.45, 2.75) is 44.8 Å². The van der Waals surface area contributed by atoms with E-state index in [1.54, 1.807) is 11.8 Å². The molecule has 0 unspecified atom stereocenters. The maximum Gasteiger partial charge on any atom is 0.222 e. The fourth-order valence-corrected chi connectivity index (χ4v) is 5.01. The summed E-state index contributed by atoms with van der Waals surface area (Å²) in [5.74, 6) is 1.88. The molecular formula is C29H32N4OS. The van der Waals surface area contributed by atoms with Gasteiger partial charge in [-0.05, 0) is 49.4 Å². The molecule has 0 radical (unpaired) electrons. The highest BCUT2D eigenvalue weighted by Gasteiger charge is 2.16. The number of hydrogen-bond donors (Lipinski definition) is 0. The van der Waals surface area contributed by atoms with Gasteiger partial charge >= 0.3 is 0 Å². The molecule has 0 bridgehead atoms. The lowest BCUT2D eigenvalue weighted by Crippen LogP contribution is -2.32. The summed E-state index contributed by atoms with van der Waals surface area (Å²) in [6.45, 7) is 5.42. The molecule has 4 aromatic rings. The fourth-order valence-electron chi connectivity index (χ4n) is 4.08. The molecular weight excluding hydrogens is 452 g/mol. The third kappa shape index (κ3) is 6.83. The molecule has 0 spiro atoms. The van der Waals surface area contributed by atoms with Crippen LogP contribution in [-0.2, 0) is 17.8 Å². The van der Waals surface area contributed by atoms with E-state index in [4.69, 9.17) is 0 Å². The lowest BCUT2D eigenvalue weighted by Gasteiger charge is -2.23. The highest BCUT2D eigenvalue weighted by atomic mass is 32.2. The molecule has 6 heteroatoms. The van der Waals surface area contributed by atoms with Crippen LogP contribution in [0.5, 0.6) is 0 Å². The monoisotopic (exact) mass is 484 g/mol. The van der Waals surface area contributed by atoms with Gasteiger partial charge in [-0.3, -0.25) is 9.36 Å². The van der Waals surface area contributed by atoms with Crippen molar-refractivity contribution in [1.29, 1.82) is 0 Å². The summed E-state index contributed by atoms with van der Waals surface area (Å²) >= 11 is 1.66. The van der Waals surface area contributed by atoms with Gasteiger partial charge in [0, 0.05) is 25.3 Å². The average Bonchev–Trinajstić information content (AvgIpc) is 3.25. The quantitative estimate of drug-likeness (QED) is 0.193. The maximum absolute atomic E-state index is 13.2. The molecule has 5 nitrogen and oxygen atoms in total. The molecule has 1 aromatic heterocycles. The fraction of sp³-hybridized carbons (Fsp3) is 0.276. The Kier molecular flexibility index (Phi) is 8.74. The topological polar surface area (TPSA) is 51.0 Å². The van der Waals surface area contributed by atoms with Crippen LogP contribution < -0.4 is 0 Å². The molecule has 0 fully saturated rings. The van der Waals surface area contributed by atoms with Crippen LogP contribution in [0.25, 0.3) is 5.69 Å². The summed E-state index contributed by atoms with van der Waals surface area (Å²) in [7, 11) is 0. The summed E-state index contributed by atoms with van der Waals surface area (Å²) in [6.07, 6.45) is 2.17. The van der Waals surface area contributed by atoms with Crippen LogP contribution in [0.4, 0.5) is 0 Å².